The molecule has 5 heteroatoms. The molecule has 0 aromatic carbocycles. The van der Waals surface area contributed by atoms with Crippen LogP contribution < -0.4 is 10.6 Å². The predicted molar refractivity (Wildman–Crippen MR) is 57.3 cm³/mol. The summed E-state index contributed by atoms with van der Waals surface area (Å²) >= 11 is 0. The first-order chi connectivity index (χ1) is 7.09. The predicted octanol–water partition coefficient (Wildman–Crippen LogP) is -0.667. The lowest BCUT2D eigenvalue weighted by atomic mass is 10.2. The molecule has 1 atom stereocenters. The molecule has 0 aromatic heterocycles. The van der Waals surface area contributed by atoms with E-state index in [0.717, 1.165) is 26.2 Å². The molecular weight excluding hydrogens is 194 g/mol. The fraction of sp³-hybridized carbons (Fsp3) is 0.800. The Bertz CT molecular complexity index is 237. The number of nitrogens with one attached hydrogen (secondary N) is 2. The summed E-state index contributed by atoms with van der Waals surface area (Å²) in [6.45, 7) is 6.57. The lowest BCUT2D eigenvalue weighted by molar-refractivity contribution is -0.132. The maximum atomic E-state index is 11.7. The Morgan fingerprint density at radius 3 is 2.53 bits per heavy atom. The highest BCUT2D eigenvalue weighted by Gasteiger charge is 2.18. The van der Waals surface area contributed by atoms with Crippen molar-refractivity contribution in [2.45, 2.75) is 26.3 Å². The fourth-order valence-electron chi connectivity index (χ4n) is 1.70. The van der Waals surface area contributed by atoms with Crippen LogP contribution in [0.1, 0.15) is 20.3 Å². The van der Waals surface area contributed by atoms with Crippen molar-refractivity contribution in [1.82, 2.24) is 15.5 Å². The standard InChI is InChI=1S/C10H19N3O2/c1-8(12-9(2)14)7-10(15)13-5-3-11-4-6-13/h8,11H,3-7H2,1-2H3,(H,12,14). The van der Waals surface area contributed by atoms with Gasteiger partial charge in [0, 0.05) is 45.6 Å². The van der Waals surface area contributed by atoms with E-state index in [0.29, 0.717) is 6.42 Å². The average Bonchev–Trinajstić information content (AvgIpc) is 2.17. The van der Waals surface area contributed by atoms with E-state index < -0.39 is 0 Å². The van der Waals surface area contributed by atoms with Gasteiger partial charge in [-0.15, -0.1) is 0 Å². The third-order valence-electron chi connectivity index (χ3n) is 2.40. The van der Waals surface area contributed by atoms with Crippen LogP contribution in [-0.2, 0) is 9.59 Å². The van der Waals surface area contributed by atoms with E-state index in [1.54, 1.807) is 0 Å². The maximum absolute atomic E-state index is 11.7. The Morgan fingerprint density at radius 2 is 2.00 bits per heavy atom. The number of piperazine rings is 1. The molecule has 1 aliphatic heterocycles. The molecule has 1 fully saturated rings. The van der Waals surface area contributed by atoms with Crippen LogP contribution >= 0.6 is 0 Å². The summed E-state index contributed by atoms with van der Waals surface area (Å²) in [4.78, 5) is 24.3. The van der Waals surface area contributed by atoms with E-state index >= 15 is 0 Å². The largest absolute Gasteiger partial charge is 0.353 e. The third-order valence-corrected chi connectivity index (χ3v) is 2.40. The second-order valence-corrected chi connectivity index (χ2v) is 3.94. The quantitative estimate of drug-likeness (QED) is 0.654. The number of hydrogen-bond donors (Lipinski definition) is 2. The second kappa shape index (κ2) is 5.70. The molecule has 0 saturated carbocycles. The molecule has 5 nitrogen and oxygen atoms in total. The molecule has 15 heavy (non-hydrogen) atoms. The number of amides is 2. The summed E-state index contributed by atoms with van der Waals surface area (Å²) in [6, 6.07) is -0.0788. The summed E-state index contributed by atoms with van der Waals surface area (Å²) in [5.41, 5.74) is 0. The minimum atomic E-state index is -0.0874. The highest BCUT2D eigenvalue weighted by molar-refractivity contribution is 5.78. The van der Waals surface area contributed by atoms with Gasteiger partial charge in [0.1, 0.15) is 0 Å². The zero-order valence-corrected chi connectivity index (χ0v) is 9.38. The van der Waals surface area contributed by atoms with Gasteiger partial charge in [-0.25, -0.2) is 0 Å². The van der Waals surface area contributed by atoms with Crippen molar-refractivity contribution >= 4 is 11.8 Å². The monoisotopic (exact) mass is 213 g/mol. The Labute approximate surface area is 90.2 Å². The van der Waals surface area contributed by atoms with Crippen molar-refractivity contribution in [2.24, 2.45) is 0 Å². The average molecular weight is 213 g/mol. The Balaban J connectivity index is 2.30. The molecule has 1 rings (SSSR count). The van der Waals surface area contributed by atoms with Crippen LogP contribution in [0.4, 0.5) is 0 Å². The van der Waals surface area contributed by atoms with Crippen LogP contribution in [0.3, 0.4) is 0 Å². The highest BCUT2D eigenvalue weighted by atomic mass is 16.2. The van der Waals surface area contributed by atoms with Gasteiger partial charge in [0.25, 0.3) is 0 Å². The second-order valence-electron chi connectivity index (χ2n) is 3.94. The SMILES string of the molecule is CC(=O)NC(C)CC(=O)N1CCNCC1. The molecule has 1 saturated heterocycles. The number of carbonyl (C=O) groups excluding carboxylic acids is 2. The molecule has 2 N–H and O–H groups in total. The zero-order valence-electron chi connectivity index (χ0n) is 9.38. The Hall–Kier alpha value is -1.10. The smallest absolute Gasteiger partial charge is 0.224 e. The van der Waals surface area contributed by atoms with Crippen LogP contribution in [-0.4, -0.2) is 48.9 Å². The first kappa shape index (κ1) is 12.0. The van der Waals surface area contributed by atoms with Gasteiger partial charge >= 0.3 is 0 Å². The topological polar surface area (TPSA) is 61.4 Å². The fourth-order valence-corrected chi connectivity index (χ4v) is 1.70. The molecule has 1 heterocycles. The molecule has 2 amide bonds. The van der Waals surface area contributed by atoms with Crippen molar-refractivity contribution in [2.75, 3.05) is 26.2 Å². The molecule has 1 unspecified atom stereocenters. The van der Waals surface area contributed by atoms with Gasteiger partial charge < -0.3 is 15.5 Å². The van der Waals surface area contributed by atoms with Gasteiger partial charge in [0.2, 0.25) is 11.8 Å². The van der Waals surface area contributed by atoms with Crippen molar-refractivity contribution in [3.8, 4) is 0 Å². The normalized spacial score (nSPS) is 18.4. The van der Waals surface area contributed by atoms with E-state index in [1.165, 1.54) is 6.92 Å². The Kier molecular flexibility index (Phi) is 4.55. The molecule has 0 spiro atoms. The molecule has 0 aliphatic carbocycles. The summed E-state index contributed by atoms with van der Waals surface area (Å²) in [6.07, 6.45) is 0.388. The third kappa shape index (κ3) is 4.29. The van der Waals surface area contributed by atoms with Crippen molar-refractivity contribution in [3.05, 3.63) is 0 Å². The van der Waals surface area contributed by atoms with Crippen LogP contribution in [0, 0.1) is 0 Å². The molecule has 0 aromatic rings. The van der Waals surface area contributed by atoms with Crippen LogP contribution in [0.25, 0.3) is 0 Å². The number of carbonyl (C=O) groups is 2. The molecular formula is C10H19N3O2. The van der Waals surface area contributed by atoms with Gasteiger partial charge in [0.15, 0.2) is 0 Å². The molecule has 1 aliphatic rings. The first-order valence-corrected chi connectivity index (χ1v) is 5.35. The Morgan fingerprint density at radius 1 is 1.40 bits per heavy atom. The number of rotatable bonds is 3. The van der Waals surface area contributed by atoms with E-state index in [2.05, 4.69) is 10.6 Å². The summed E-state index contributed by atoms with van der Waals surface area (Å²) < 4.78 is 0. The summed E-state index contributed by atoms with van der Waals surface area (Å²) in [5.74, 6) is 0.0355. The van der Waals surface area contributed by atoms with Crippen LogP contribution in [0.15, 0.2) is 0 Å². The van der Waals surface area contributed by atoms with Gasteiger partial charge in [-0.3, -0.25) is 9.59 Å². The van der Waals surface area contributed by atoms with Gasteiger partial charge in [-0.2, -0.15) is 0 Å². The van der Waals surface area contributed by atoms with E-state index in [4.69, 9.17) is 0 Å². The molecule has 86 valence electrons. The van der Waals surface area contributed by atoms with Gasteiger partial charge in [-0.1, -0.05) is 0 Å². The lowest BCUT2D eigenvalue weighted by Gasteiger charge is -2.28. The van der Waals surface area contributed by atoms with Crippen molar-refractivity contribution < 1.29 is 9.59 Å². The number of nitrogens with zero attached hydrogens (tertiary/aromatic N) is 1. The van der Waals surface area contributed by atoms with Crippen molar-refractivity contribution in [3.63, 3.8) is 0 Å². The van der Waals surface area contributed by atoms with E-state index in [1.807, 2.05) is 11.8 Å². The van der Waals surface area contributed by atoms with Gasteiger partial charge in [-0.05, 0) is 6.92 Å². The maximum Gasteiger partial charge on any atom is 0.224 e. The lowest BCUT2D eigenvalue weighted by Crippen LogP contribution is -2.48. The number of hydrogen-bond acceptors (Lipinski definition) is 3. The zero-order chi connectivity index (χ0) is 11.3. The first-order valence-electron chi connectivity index (χ1n) is 5.35. The summed E-state index contributed by atoms with van der Waals surface area (Å²) in [5, 5.41) is 5.90. The van der Waals surface area contributed by atoms with Gasteiger partial charge in [0.05, 0.1) is 0 Å². The van der Waals surface area contributed by atoms with E-state index in [9.17, 15) is 9.59 Å². The highest BCUT2D eigenvalue weighted by Crippen LogP contribution is 2.00. The van der Waals surface area contributed by atoms with E-state index in [-0.39, 0.29) is 17.9 Å². The van der Waals surface area contributed by atoms with Crippen molar-refractivity contribution in [1.29, 1.82) is 0 Å². The molecule has 0 bridgehead atoms. The summed E-state index contributed by atoms with van der Waals surface area (Å²) in [7, 11) is 0. The minimum Gasteiger partial charge on any atom is -0.353 e. The molecule has 0 radical (unpaired) electrons. The minimum absolute atomic E-state index is 0.0788. The van der Waals surface area contributed by atoms with Crippen LogP contribution in [0.5, 0.6) is 0 Å². The van der Waals surface area contributed by atoms with Crippen LogP contribution in [0.2, 0.25) is 0 Å².